The second-order valence-electron chi connectivity index (χ2n) is 10.1. The van der Waals surface area contributed by atoms with Crippen molar-refractivity contribution in [2.75, 3.05) is 0 Å². The van der Waals surface area contributed by atoms with Gasteiger partial charge >= 0.3 is 12.1 Å². The number of hydrogen-bond acceptors (Lipinski definition) is 5. The number of nitrogens with two attached hydrogens (primary N) is 1. The summed E-state index contributed by atoms with van der Waals surface area (Å²) in [5, 5.41) is 2.55. The highest BCUT2D eigenvalue weighted by Crippen LogP contribution is 2.46. The van der Waals surface area contributed by atoms with Gasteiger partial charge in [-0.1, -0.05) is 32.3 Å². The molecule has 0 aromatic heterocycles. The average molecular weight is 417 g/mol. The number of rotatable bonds is 3. The quantitative estimate of drug-likeness (QED) is 0.720. The van der Waals surface area contributed by atoms with E-state index in [0.717, 1.165) is 19.3 Å². The number of fused-ring (bicyclic) bond motifs is 4. The predicted molar refractivity (Wildman–Crippen MR) is 117 cm³/mol. The van der Waals surface area contributed by atoms with Crippen molar-refractivity contribution in [1.29, 1.82) is 0 Å². The molecule has 2 aliphatic carbocycles. The van der Waals surface area contributed by atoms with E-state index >= 15 is 0 Å². The number of carbonyl (C=O) groups excluding carboxylic acids is 2. The van der Waals surface area contributed by atoms with Gasteiger partial charge in [-0.2, -0.15) is 0 Å². The molecule has 6 nitrogen and oxygen atoms in total. The van der Waals surface area contributed by atoms with Gasteiger partial charge in [-0.05, 0) is 76.1 Å². The van der Waals surface area contributed by atoms with Crippen LogP contribution in [0.25, 0.3) is 0 Å². The predicted octanol–water partition coefficient (Wildman–Crippen LogP) is 4.23. The van der Waals surface area contributed by atoms with Gasteiger partial charge in [0.05, 0.1) is 0 Å². The number of hydrogen-bond donors (Lipinski definition) is 2. The molecule has 1 unspecified atom stereocenters. The number of benzene rings is 1. The van der Waals surface area contributed by atoms with Crippen LogP contribution >= 0.6 is 0 Å². The maximum Gasteiger partial charge on any atom is 0.413 e. The molecule has 1 saturated carbocycles. The minimum atomic E-state index is -0.799. The summed E-state index contributed by atoms with van der Waals surface area (Å²) in [6.07, 6.45) is 6.19. The first-order valence-corrected chi connectivity index (χ1v) is 11.1. The topological polar surface area (TPSA) is 90.6 Å². The van der Waals surface area contributed by atoms with Crippen LogP contribution in [0.15, 0.2) is 18.2 Å². The second-order valence-corrected chi connectivity index (χ2v) is 10.1. The molecule has 1 amide bonds. The monoisotopic (exact) mass is 416 g/mol. The number of esters is 1. The molecule has 2 aliphatic rings. The average Bonchev–Trinajstić information content (AvgIpc) is 2.64. The summed E-state index contributed by atoms with van der Waals surface area (Å²) in [5.74, 6) is 0.480. The Bertz CT molecular complexity index is 801. The molecule has 1 aromatic rings. The molecule has 3 rings (SSSR count). The second kappa shape index (κ2) is 8.58. The zero-order valence-electron chi connectivity index (χ0n) is 18.9. The van der Waals surface area contributed by atoms with Crippen LogP contribution in [0.2, 0.25) is 0 Å². The van der Waals surface area contributed by atoms with Gasteiger partial charge in [0, 0.05) is 11.5 Å². The van der Waals surface area contributed by atoms with Gasteiger partial charge in [0.2, 0.25) is 0 Å². The number of amides is 1. The van der Waals surface area contributed by atoms with Crippen LogP contribution in [0.4, 0.5) is 4.79 Å². The van der Waals surface area contributed by atoms with E-state index in [-0.39, 0.29) is 11.5 Å². The summed E-state index contributed by atoms with van der Waals surface area (Å²) in [4.78, 5) is 24.4. The highest BCUT2D eigenvalue weighted by molar-refractivity contribution is 5.82. The molecule has 0 saturated heterocycles. The molecule has 1 fully saturated rings. The summed E-state index contributed by atoms with van der Waals surface area (Å²) in [6, 6.07) is 5.17. The van der Waals surface area contributed by atoms with Crippen LogP contribution in [-0.4, -0.2) is 29.7 Å². The van der Waals surface area contributed by atoms with E-state index in [4.69, 9.17) is 15.2 Å². The van der Waals surface area contributed by atoms with Crippen LogP contribution in [-0.2, 0) is 21.4 Å². The third-order valence-electron chi connectivity index (χ3n) is 6.50. The van der Waals surface area contributed by atoms with Gasteiger partial charge in [0.25, 0.3) is 0 Å². The van der Waals surface area contributed by atoms with Gasteiger partial charge in [-0.25, -0.2) is 9.59 Å². The Hall–Kier alpha value is -2.08. The lowest BCUT2D eigenvalue weighted by molar-refractivity contribution is -0.156. The van der Waals surface area contributed by atoms with Crippen molar-refractivity contribution >= 4 is 12.1 Å². The Morgan fingerprint density at radius 3 is 2.67 bits per heavy atom. The van der Waals surface area contributed by atoms with Crippen molar-refractivity contribution in [1.82, 2.24) is 5.32 Å². The lowest BCUT2D eigenvalue weighted by Crippen LogP contribution is -2.52. The van der Waals surface area contributed by atoms with Gasteiger partial charge in [0.15, 0.2) is 0 Å². The van der Waals surface area contributed by atoms with Gasteiger partial charge in [-0.15, -0.1) is 0 Å². The Morgan fingerprint density at radius 1 is 1.23 bits per heavy atom. The van der Waals surface area contributed by atoms with Crippen molar-refractivity contribution < 1.29 is 19.1 Å². The molecular weight excluding hydrogens is 380 g/mol. The molecule has 4 atom stereocenters. The van der Waals surface area contributed by atoms with E-state index in [1.54, 1.807) is 27.7 Å². The molecule has 0 radical (unpaired) electrons. The highest BCUT2D eigenvalue weighted by atomic mass is 16.6. The molecule has 3 N–H and O–H groups in total. The van der Waals surface area contributed by atoms with Crippen molar-refractivity contribution in [3.8, 4) is 5.75 Å². The molecule has 1 aromatic carbocycles. The lowest BCUT2D eigenvalue weighted by atomic mass is 9.60. The fraction of sp³-hybridized carbons (Fsp3) is 0.667. The Labute approximate surface area is 179 Å². The van der Waals surface area contributed by atoms with Crippen LogP contribution in [0, 0.1) is 5.92 Å². The van der Waals surface area contributed by atoms with E-state index < -0.39 is 23.7 Å². The van der Waals surface area contributed by atoms with E-state index in [1.165, 1.54) is 30.4 Å². The summed E-state index contributed by atoms with van der Waals surface area (Å²) >= 11 is 0. The first-order chi connectivity index (χ1) is 14.0. The number of carbonyl (C=O) groups is 2. The van der Waals surface area contributed by atoms with Gasteiger partial charge < -0.3 is 20.5 Å². The Kier molecular flexibility index (Phi) is 6.46. The molecule has 30 heavy (non-hydrogen) atoms. The molecular formula is C24H36N2O4. The van der Waals surface area contributed by atoms with Crippen LogP contribution in [0.1, 0.15) is 77.8 Å². The normalized spacial score (nSPS) is 27.1. The van der Waals surface area contributed by atoms with Crippen LogP contribution < -0.4 is 15.8 Å². The maximum atomic E-state index is 12.4. The van der Waals surface area contributed by atoms with Crippen molar-refractivity contribution in [3.05, 3.63) is 29.3 Å². The zero-order valence-corrected chi connectivity index (χ0v) is 18.9. The first-order valence-electron chi connectivity index (χ1n) is 11.1. The van der Waals surface area contributed by atoms with E-state index in [2.05, 4.69) is 18.3 Å². The van der Waals surface area contributed by atoms with Crippen LogP contribution in [0.3, 0.4) is 0 Å². The van der Waals surface area contributed by atoms with Gasteiger partial charge in [-0.3, -0.25) is 0 Å². The summed E-state index contributed by atoms with van der Waals surface area (Å²) < 4.78 is 10.8. The van der Waals surface area contributed by atoms with Crippen molar-refractivity contribution in [2.24, 2.45) is 11.7 Å². The Morgan fingerprint density at radius 2 is 1.97 bits per heavy atom. The van der Waals surface area contributed by atoms with E-state index in [0.29, 0.717) is 11.7 Å². The summed E-state index contributed by atoms with van der Waals surface area (Å²) in [6.45, 7) is 9.19. The molecule has 6 heteroatoms. The minimum Gasteiger partial charge on any atom is -0.458 e. The Balaban J connectivity index is 1.73. The van der Waals surface area contributed by atoms with Gasteiger partial charge in [0.1, 0.15) is 17.4 Å². The standard InChI is InChI=1S/C24H36N2O4/c1-15(21(27)30-23(2,3)4)26-22(28)29-18-11-10-16-13-17-9-7-6-8-12-24(5,20(17)25)19(16)14-18/h10-11,14-15,17,20H,6-9,12-13,25H2,1-5H3,(H,26,28)/t15-,17?,20-,24+/m0/s1. The van der Waals surface area contributed by atoms with E-state index in [1.807, 2.05) is 12.1 Å². The smallest absolute Gasteiger partial charge is 0.413 e. The van der Waals surface area contributed by atoms with Crippen molar-refractivity contribution in [2.45, 2.75) is 96.2 Å². The van der Waals surface area contributed by atoms with Crippen LogP contribution in [0.5, 0.6) is 5.75 Å². The lowest BCUT2D eigenvalue weighted by Gasteiger charge is -2.47. The third-order valence-corrected chi connectivity index (χ3v) is 6.50. The molecule has 0 aliphatic heterocycles. The molecule has 2 bridgehead atoms. The molecule has 0 heterocycles. The zero-order chi connectivity index (χ0) is 22.1. The summed E-state index contributed by atoms with van der Waals surface area (Å²) in [7, 11) is 0. The molecule has 0 spiro atoms. The van der Waals surface area contributed by atoms with E-state index in [9.17, 15) is 9.59 Å². The first kappa shape index (κ1) is 22.6. The summed E-state index contributed by atoms with van der Waals surface area (Å²) in [5.41, 5.74) is 8.51. The third kappa shape index (κ3) is 4.97. The number of nitrogens with one attached hydrogen (secondary N) is 1. The van der Waals surface area contributed by atoms with Crippen molar-refractivity contribution in [3.63, 3.8) is 0 Å². The number of ether oxygens (including phenoxy) is 2. The fourth-order valence-electron chi connectivity index (χ4n) is 4.86. The minimum absolute atomic E-state index is 0.113. The SMILES string of the molecule is C[C@H](NC(=O)Oc1ccc2c(c1)[C@@]1(C)CCCCCC(C2)[C@@H]1N)C(=O)OC(C)(C)C. The molecule has 166 valence electrons. The maximum absolute atomic E-state index is 12.4. The fourth-order valence-corrected chi connectivity index (χ4v) is 4.86. The largest absolute Gasteiger partial charge is 0.458 e. The highest BCUT2D eigenvalue weighted by Gasteiger charge is 2.43.